The molecule has 3 rings (SSSR count). The average Bonchev–Trinajstić information content (AvgIpc) is 2.65. The van der Waals surface area contributed by atoms with Crippen molar-refractivity contribution in [3.63, 3.8) is 0 Å². The number of fused-ring (bicyclic) bond motifs is 1. The van der Waals surface area contributed by atoms with Crippen LogP contribution < -0.4 is 11.2 Å². The second kappa shape index (κ2) is 7.23. The predicted molar refractivity (Wildman–Crippen MR) is 101 cm³/mol. The summed E-state index contributed by atoms with van der Waals surface area (Å²) in [6.07, 6.45) is 2.10. The smallest absolute Gasteiger partial charge is 0.280 e. The second-order valence-electron chi connectivity index (χ2n) is 5.82. The van der Waals surface area contributed by atoms with Gasteiger partial charge in [-0.3, -0.25) is 13.9 Å². The SMILES string of the molecule is CCCCSc1nc(-c2ccccc2)nc2c1c(=O)n(C)c(=O)n2C. The summed E-state index contributed by atoms with van der Waals surface area (Å²) < 4.78 is 2.52. The van der Waals surface area contributed by atoms with E-state index in [0.717, 1.165) is 28.7 Å². The molecule has 0 bridgehead atoms. The molecule has 0 aliphatic heterocycles. The summed E-state index contributed by atoms with van der Waals surface area (Å²) in [6.45, 7) is 2.12. The van der Waals surface area contributed by atoms with Gasteiger partial charge in [-0.1, -0.05) is 43.7 Å². The molecule has 130 valence electrons. The van der Waals surface area contributed by atoms with E-state index in [4.69, 9.17) is 0 Å². The van der Waals surface area contributed by atoms with Gasteiger partial charge in [0.05, 0.1) is 0 Å². The van der Waals surface area contributed by atoms with E-state index in [-0.39, 0.29) is 11.2 Å². The number of benzene rings is 1. The Bertz CT molecular complexity index is 1030. The van der Waals surface area contributed by atoms with E-state index in [1.165, 1.54) is 11.6 Å². The molecule has 0 amide bonds. The van der Waals surface area contributed by atoms with E-state index in [1.807, 2.05) is 30.3 Å². The van der Waals surface area contributed by atoms with Crippen molar-refractivity contribution in [1.82, 2.24) is 19.1 Å². The maximum absolute atomic E-state index is 12.7. The minimum Gasteiger partial charge on any atom is -0.280 e. The molecular formula is C18H20N4O2S. The largest absolute Gasteiger partial charge is 0.332 e. The first-order valence-corrected chi connectivity index (χ1v) is 9.19. The number of hydrogen-bond acceptors (Lipinski definition) is 5. The molecule has 3 aromatic rings. The lowest BCUT2D eigenvalue weighted by atomic mass is 10.2. The average molecular weight is 356 g/mol. The molecule has 0 atom stereocenters. The van der Waals surface area contributed by atoms with Gasteiger partial charge in [-0.15, -0.1) is 11.8 Å². The molecule has 25 heavy (non-hydrogen) atoms. The highest BCUT2D eigenvalue weighted by Gasteiger charge is 2.17. The van der Waals surface area contributed by atoms with Gasteiger partial charge in [-0.2, -0.15) is 0 Å². The van der Waals surface area contributed by atoms with Gasteiger partial charge in [-0.25, -0.2) is 14.8 Å². The Morgan fingerprint density at radius 3 is 2.44 bits per heavy atom. The van der Waals surface area contributed by atoms with Gasteiger partial charge in [0.15, 0.2) is 11.5 Å². The molecule has 0 aliphatic carbocycles. The zero-order valence-electron chi connectivity index (χ0n) is 14.5. The Labute approximate surface area is 149 Å². The summed E-state index contributed by atoms with van der Waals surface area (Å²) in [5.74, 6) is 1.39. The van der Waals surface area contributed by atoms with E-state index >= 15 is 0 Å². The van der Waals surface area contributed by atoms with E-state index in [1.54, 1.807) is 18.8 Å². The number of aromatic nitrogens is 4. The molecule has 0 fully saturated rings. The second-order valence-corrected chi connectivity index (χ2v) is 6.91. The molecule has 0 unspecified atom stereocenters. The first-order chi connectivity index (χ1) is 12.0. The van der Waals surface area contributed by atoms with Crippen molar-refractivity contribution >= 4 is 22.8 Å². The third-order valence-corrected chi connectivity index (χ3v) is 5.10. The first kappa shape index (κ1) is 17.4. The maximum atomic E-state index is 12.7. The number of unbranched alkanes of at least 4 members (excludes halogenated alkanes) is 1. The zero-order valence-corrected chi connectivity index (χ0v) is 15.3. The number of thioether (sulfide) groups is 1. The number of nitrogens with zero attached hydrogens (tertiary/aromatic N) is 4. The van der Waals surface area contributed by atoms with E-state index in [0.29, 0.717) is 21.9 Å². The minimum atomic E-state index is -0.389. The van der Waals surface area contributed by atoms with Crippen LogP contribution >= 0.6 is 11.8 Å². The van der Waals surface area contributed by atoms with Crippen molar-refractivity contribution in [1.29, 1.82) is 0 Å². The summed E-state index contributed by atoms with van der Waals surface area (Å²) in [5, 5.41) is 1.04. The Morgan fingerprint density at radius 2 is 1.76 bits per heavy atom. The van der Waals surface area contributed by atoms with E-state index in [9.17, 15) is 9.59 Å². The summed E-state index contributed by atoms with van der Waals surface area (Å²) >= 11 is 1.54. The number of rotatable bonds is 5. The zero-order chi connectivity index (χ0) is 18.0. The Kier molecular flexibility index (Phi) is 5.03. The van der Waals surface area contributed by atoms with Crippen LogP contribution in [0.4, 0.5) is 0 Å². The van der Waals surface area contributed by atoms with Crippen LogP contribution in [0.25, 0.3) is 22.4 Å². The van der Waals surface area contributed by atoms with Crippen LogP contribution in [-0.4, -0.2) is 24.9 Å². The van der Waals surface area contributed by atoms with Gasteiger partial charge < -0.3 is 0 Å². The normalized spacial score (nSPS) is 11.2. The van der Waals surface area contributed by atoms with Crippen molar-refractivity contribution in [2.75, 3.05) is 5.75 Å². The predicted octanol–water partition coefficient (Wildman–Crippen LogP) is 2.59. The summed E-state index contributed by atoms with van der Waals surface area (Å²) in [6, 6.07) is 9.58. The van der Waals surface area contributed by atoms with Gasteiger partial charge in [0.1, 0.15) is 10.4 Å². The molecule has 0 saturated carbocycles. The quantitative estimate of drug-likeness (QED) is 0.399. The van der Waals surface area contributed by atoms with E-state index < -0.39 is 0 Å². The van der Waals surface area contributed by atoms with E-state index in [2.05, 4.69) is 16.9 Å². The van der Waals surface area contributed by atoms with Gasteiger partial charge >= 0.3 is 5.69 Å². The lowest BCUT2D eigenvalue weighted by Crippen LogP contribution is -2.37. The van der Waals surface area contributed by atoms with Crippen molar-refractivity contribution in [2.45, 2.75) is 24.8 Å². The highest BCUT2D eigenvalue weighted by molar-refractivity contribution is 7.99. The van der Waals surface area contributed by atoms with Crippen molar-refractivity contribution in [2.24, 2.45) is 14.1 Å². The Hall–Kier alpha value is -2.41. The molecule has 2 aromatic heterocycles. The van der Waals surface area contributed by atoms with Gasteiger partial charge in [0.25, 0.3) is 5.56 Å². The fourth-order valence-electron chi connectivity index (χ4n) is 2.56. The molecule has 2 heterocycles. The lowest BCUT2D eigenvalue weighted by molar-refractivity contribution is 0.703. The van der Waals surface area contributed by atoms with Gasteiger partial charge in [0.2, 0.25) is 0 Å². The molecule has 0 radical (unpaired) electrons. The molecule has 7 heteroatoms. The first-order valence-electron chi connectivity index (χ1n) is 8.20. The monoisotopic (exact) mass is 356 g/mol. The standard InChI is InChI=1S/C18H20N4O2S/c1-4-5-11-25-16-13-15(21(2)18(24)22(3)17(13)23)19-14(20-16)12-9-7-6-8-10-12/h6-10H,4-5,11H2,1-3H3. The van der Waals surface area contributed by atoms with Crippen LogP contribution in [0.2, 0.25) is 0 Å². The lowest BCUT2D eigenvalue weighted by Gasteiger charge is -2.11. The van der Waals surface area contributed by atoms with Crippen LogP contribution in [-0.2, 0) is 14.1 Å². The molecular weight excluding hydrogens is 336 g/mol. The number of hydrogen-bond donors (Lipinski definition) is 0. The third kappa shape index (κ3) is 3.24. The summed E-state index contributed by atoms with van der Waals surface area (Å²) in [4.78, 5) is 34.1. The van der Waals surface area contributed by atoms with Crippen LogP contribution in [0.1, 0.15) is 19.8 Å². The third-order valence-electron chi connectivity index (χ3n) is 4.04. The van der Waals surface area contributed by atoms with Crippen LogP contribution in [0.3, 0.4) is 0 Å². The van der Waals surface area contributed by atoms with Crippen molar-refractivity contribution in [3.8, 4) is 11.4 Å². The molecule has 0 aliphatic rings. The maximum Gasteiger partial charge on any atom is 0.332 e. The van der Waals surface area contributed by atoms with Gasteiger partial charge in [0, 0.05) is 19.7 Å². The summed E-state index contributed by atoms with van der Waals surface area (Å²) in [5.41, 5.74) is 0.493. The minimum absolute atomic E-state index is 0.350. The van der Waals surface area contributed by atoms with Crippen LogP contribution in [0.15, 0.2) is 44.9 Å². The molecule has 1 aromatic carbocycles. The van der Waals surface area contributed by atoms with Gasteiger partial charge in [-0.05, 0) is 12.2 Å². The van der Waals surface area contributed by atoms with Crippen molar-refractivity contribution < 1.29 is 0 Å². The Morgan fingerprint density at radius 1 is 1.04 bits per heavy atom. The molecule has 0 N–H and O–H groups in total. The van der Waals surface area contributed by atoms with Crippen LogP contribution in [0.5, 0.6) is 0 Å². The van der Waals surface area contributed by atoms with Crippen molar-refractivity contribution in [3.05, 3.63) is 51.2 Å². The topological polar surface area (TPSA) is 69.8 Å². The van der Waals surface area contributed by atoms with Crippen LogP contribution in [0, 0.1) is 0 Å². The summed E-state index contributed by atoms with van der Waals surface area (Å²) in [7, 11) is 3.11. The number of aryl methyl sites for hydroxylation is 1. The highest BCUT2D eigenvalue weighted by Crippen LogP contribution is 2.26. The highest BCUT2D eigenvalue weighted by atomic mass is 32.2. The molecule has 0 saturated heterocycles. The fourth-order valence-corrected chi connectivity index (χ4v) is 3.66. The fraction of sp³-hybridized carbons (Fsp3) is 0.333. The molecule has 0 spiro atoms. The molecule has 6 nitrogen and oxygen atoms in total. The Balaban J connectivity index is 2.32.